The molecule has 0 saturated carbocycles. The van der Waals surface area contributed by atoms with Gasteiger partial charge in [0.2, 0.25) is 0 Å². The smallest absolute Gasteiger partial charge is 0.197 e. The molecule has 0 amide bonds. The van der Waals surface area contributed by atoms with Gasteiger partial charge in [0.1, 0.15) is 0 Å². The second-order valence-electron chi connectivity index (χ2n) is 3.94. The fourth-order valence-corrected chi connectivity index (χ4v) is 2.79. The van der Waals surface area contributed by atoms with Gasteiger partial charge < -0.3 is 9.73 Å². The Hall–Kier alpha value is -0.770. The van der Waals surface area contributed by atoms with E-state index < -0.39 is 0 Å². The van der Waals surface area contributed by atoms with E-state index in [9.17, 15) is 0 Å². The Morgan fingerprint density at radius 2 is 2.35 bits per heavy atom. The van der Waals surface area contributed by atoms with E-state index in [-0.39, 0.29) is 6.04 Å². The highest BCUT2D eigenvalue weighted by molar-refractivity contribution is 7.09. The van der Waals surface area contributed by atoms with Gasteiger partial charge in [-0.1, -0.05) is 13.0 Å². The van der Waals surface area contributed by atoms with Crippen LogP contribution >= 0.6 is 22.9 Å². The van der Waals surface area contributed by atoms with Gasteiger partial charge >= 0.3 is 0 Å². The molecule has 2 rings (SSSR count). The molecule has 0 bridgehead atoms. The molecule has 1 atom stereocenters. The molecule has 2 aromatic heterocycles. The summed E-state index contributed by atoms with van der Waals surface area (Å²) < 4.78 is 5.17. The topological polar surface area (TPSA) is 25.2 Å². The molecule has 2 aromatic rings. The van der Waals surface area contributed by atoms with Crippen molar-refractivity contribution in [3.8, 4) is 0 Å². The summed E-state index contributed by atoms with van der Waals surface area (Å²) in [5.74, 6) is 0. The molecule has 1 N–H and O–H groups in total. The molecular weight excluding hydrogens is 254 g/mol. The van der Waals surface area contributed by atoms with Crippen molar-refractivity contribution in [2.24, 2.45) is 0 Å². The average molecular weight is 270 g/mol. The summed E-state index contributed by atoms with van der Waals surface area (Å²) in [7, 11) is 0. The van der Waals surface area contributed by atoms with E-state index in [1.54, 1.807) is 17.6 Å². The average Bonchev–Trinajstić information content (AvgIpc) is 2.95. The number of furan rings is 1. The number of rotatable bonds is 6. The minimum Gasteiger partial charge on any atom is -0.453 e. The van der Waals surface area contributed by atoms with Crippen LogP contribution in [0.25, 0.3) is 0 Å². The Bertz CT molecular complexity index is 438. The maximum Gasteiger partial charge on any atom is 0.197 e. The summed E-state index contributed by atoms with van der Waals surface area (Å²) in [6.45, 7) is 3.14. The quantitative estimate of drug-likeness (QED) is 0.847. The van der Waals surface area contributed by atoms with E-state index >= 15 is 0 Å². The third kappa shape index (κ3) is 3.35. The lowest BCUT2D eigenvalue weighted by Crippen LogP contribution is -2.23. The van der Waals surface area contributed by atoms with Gasteiger partial charge in [-0.2, -0.15) is 0 Å². The first-order valence-electron chi connectivity index (χ1n) is 5.80. The van der Waals surface area contributed by atoms with Gasteiger partial charge in [0.15, 0.2) is 5.22 Å². The fraction of sp³-hybridized carbons (Fsp3) is 0.385. The van der Waals surface area contributed by atoms with Crippen LogP contribution in [-0.4, -0.2) is 6.54 Å². The van der Waals surface area contributed by atoms with Gasteiger partial charge in [0.05, 0.1) is 6.26 Å². The van der Waals surface area contributed by atoms with Gasteiger partial charge in [-0.05, 0) is 42.1 Å². The number of hydrogen-bond donors (Lipinski definition) is 1. The summed E-state index contributed by atoms with van der Waals surface area (Å²) in [6.07, 6.45) is 3.71. The minimum atomic E-state index is 0.236. The van der Waals surface area contributed by atoms with Crippen molar-refractivity contribution >= 4 is 22.9 Å². The number of halogens is 1. The number of hydrogen-bond acceptors (Lipinski definition) is 3. The van der Waals surface area contributed by atoms with E-state index in [2.05, 4.69) is 29.8 Å². The lowest BCUT2D eigenvalue weighted by molar-refractivity contribution is 0.515. The van der Waals surface area contributed by atoms with Crippen molar-refractivity contribution < 1.29 is 4.42 Å². The molecule has 0 aliphatic rings. The first kappa shape index (κ1) is 12.7. The van der Waals surface area contributed by atoms with Gasteiger partial charge in [0.25, 0.3) is 0 Å². The fourth-order valence-electron chi connectivity index (χ4n) is 1.79. The summed E-state index contributed by atoms with van der Waals surface area (Å²) in [6, 6.07) is 6.41. The highest BCUT2D eigenvalue weighted by atomic mass is 35.5. The lowest BCUT2D eigenvalue weighted by Gasteiger charge is -2.16. The normalized spacial score (nSPS) is 12.8. The van der Waals surface area contributed by atoms with Crippen molar-refractivity contribution in [1.82, 2.24) is 5.32 Å². The molecule has 1 unspecified atom stereocenters. The maximum atomic E-state index is 6.05. The number of nitrogens with one attached hydrogen (secondary N) is 1. The zero-order valence-corrected chi connectivity index (χ0v) is 11.4. The predicted molar refractivity (Wildman–Crippen MR) is 72.8 cm³/mol. The molecule has 0 fully saturated rings. The summed E-state index contributed by atoms with van der Waals surface area (Å²) in [4.78, 5) is 1.36. The largest absolute Gasteiger partial charge is 0.453 e. The first-order chi connectivity index (χ1) is 8.31. The van der Waals surface area contributed by atoms with Crippen molar-refractivity contribution in [2.45, 2.75) is 25.8 Å². The highest BCUT2D eigenvalue weighted by Crippen LogP contribution is 2.28. The second kappa shape index (κ2) is 6.24. The molecule has 4 heteroatoms. The van der Waals surface area contributed by atoms with Gasteiger partial charge in [0, 0.05) is 22.9 Å². The highest BCUT2D eigenvalue weighted by Gasteiger charge is 2.17. The Labute approximate surface area is 111 Å². The maximum absolute atomic E-state index is 6.05. The predicted octanol–water partition coefficient (Wildman–Crippen LogP) is 4.28. The van der Waals surface area contributed by atoms with Crippen LogP contribution in [0, 0.1) is 0 Å². The Balaban J connectivity index is 2.11. The van der Waals surface area contributed by atoms with E-state index in [1.807, 2.05) is 6.07 Å². The van der Waals surface area contributed by atoms with Gasteiger partial charge in [-0.3, -0.25) is 0 Å². The molecule has 2 heterocycles. The Morgan fingerprint density at radius 3 is 2.94 bits per heavy atom. The third-order valence-electron chi connectivity index (χ3n) is 2.65. The lowest BCUT2D eigenvalue weighted by atomic mass is 10.1. The molecular formula is C13H16ClNOS. The zero-order chi connectivity index (χ0) is 12.1. The summed E-state index contributed by atoms with van der Waals surface area (Å²) >= 11 is 7.82. The van der Waals surface area contributed by atoms with Crippen LogP contribution in [0.1, 0.15) is 29.8 Å². The minimum absolute atomic E-state index is 0.236. The van der Waals surface area contributed by atoms with Gasteiger partial charge in [-0.25, -0.2) is 0 Å². The van der Waals surface area contributed by atoms with Gasteiger partial charge in [-0.15, -0.1) is 11.3 Å². The van der Waals surface area contributed by atoms with Crippen LogP contribution in [0.4, 0.5) is 0 Å². The molecule has 17 heavy (non-hydrogen) atoms. The van der Waals surface area contributed by atoms with E-state index in [1.165, 1.54) is 4.88 Å². The van der Waals surface area contributed by atoms with Crippen LogP contribution in [0.3, 0.4) is 0 Å². The molecule has 2 nitrogen and oxygen atoms in total. The molecule has 0 saturated heterocycles. The van der Waals surface area contributed by atoms with Crippen molar-refractivity contribution in [3.05, 3.63) is 45.5 Å². The monoisotopic (exact) mass is 269 g/mol. The standard InChI is InChI=1S/C13H16ClNOS/c1-2-6-15-12(9-10-4-3-8-17-10)11-5-7-16-13(11)14/h3-5,7-8,12,15H,2,6,9H2,1H3. The molecule has 0 radical (unpaired) electrons. The Morgan fingerprint density at radius 1 is 1.47 bits per heavy atom. The first-order valence-corrected chi connectivity index (χ1v) is 7.05. The van der Waals surface area contributed by atoms with Crippen LogP contribution in [0.5, 0.6) is 0 Å². The second-order valence-corrected chi connectivity index (χ2v) is 5.32. The molecule has 0 aromatic carbocycles. The van der Waals surface area contributed by atoms with Crippen LogP contribution in [0.15, 0.2) is 34.3 Å². The molecule has 0 spiro atoms. The van der Waals surface area contributed by atoms with E-state index in [4.69, 9.17) is 16.0 Å². The third-order valence-corrected chi connectivity index (χ3v) is 3.85. The summed E-state index contributed by atoms with van der Waals surface area (Å²) in [5, 5.41) is 6.11. The van der Waals surface area contributed by atoms with Crippen molar-refractivity contribution in [1.29, 1.82) is 0 Å². The number of thiophene rings is 1. The van der Waals surface area contributed by atoms with Crippen molar-refractivity contribution in [3.63, 3.8) is 0 Å². The molecule has 0 aliphatic carbocycles. The Kier molecular flexibility index (Phi) is 4.66. The SMILES string of the molecule is CCCNC(Cc1cccs1)c1ccoc1Cl. The van der Waals surface area contributed by atoms with Crippen molar-refractivity contribution in [2.75, 3.05) is 6.54 Å². The molecule has 0 aliphatic heterocycles. The zero-order valence-electron chi connectivity index (χ0n) is 9.78. The van der Waals surface area contributed by atoms with Crippen LogP contribution < -0.4 is 5.32 Å². The van der Waals surface area contributed by atoms with Crippen LogP contribution in [-0.2, 0) is 6.42 Å². The molecule has 92 valence electrons. The van der Waals surface area contributed by atoms with E-state index in [0.29, 0.717) is 5.22 Å². The van der Waals surface area contributed by atoms with Crippen LogP contribution in [0.2, 0.25) is 5.22 Å². The van der Waals surface area contributed by atoms with E-state index in [0.717, 1.165) is 24.9 Å². The summed E-state index contributed by atoms with van der Waals surface area (Å²) in [5.41, 5.74) is 1.05.